The second-order valence-corrected chi connectivity index (χ2v) is 3.56. The number of nitrogens with zero attached hydrogens (tertiary/aromatic N) is 1. The number of carboxylic acids is 1. The van der Waals surface area contributed by atoms with Crippen molar-refractivity contribution in [2.45, 2.75) is 33.2 Å². The van der Waals surface area contributed by atoms with E-state index in [2.05, 4.69) is 10.5 Å². The van der Waals surface area contributed by atoms with Gasteiger partial charge in [-0.05, 0) is 20.8 Å². The molecule has 1 rings (SSSR count). The summed E-state index contributed by atoms with van der Waals surface area (Å²) in [4.78, 5) is 10.3. The Labute approximate surface area is 88.5 Å². The van der Waals surface area contributed by atoms with Gasteiger partial charge in [-0.15, -0.1) is 0 Å². The predicted molar refractivity (Wildman–Crippen MR) is 54.6 cm³/mol. The fraction of sp³-hybridized carbons (Fsp3) is 0.600. The summed E-state index contributed by atoms with van der Waals surface area (Å²) in [5.41, 5.74) is 1.86. The molecule has 5 nitrogen and oxygen atoms in total. The van der Waals surface area contributed by atoms with Crippen LogP contribution in [-0.4, -0.2) is 22.8 Å². The molecule has 0 fully saturated rings. The Kier molecular flexibility index (Phi) is 3.85. The van der Waals surface area contributed by atoms with E-state index >= 15 is 0 Å². The van der Waals surface area contributed by atoms with Crippen LogP contribution in [-0.2, 0) is 4.79 Å². The molecule has 0 spiro atoms. The Morgan fingerprint density at radius 3 is 2.73 bits per heavy atom. The van der Waals surface area contributed by atoms with Crippen molar-refractivity contribution in [3.05, 3.63) is 17.0 Å². The Hall–Kier alpha value is -1.36. The molecule has 15 heavy (non-hydrogen) atoms. The van der Waals surface area contributed by atoms with Crippen molar-refractivity contribution >= 4 is 5.97 Å². The van der Waals surface area contributed by atoms with Gasteiger partial charge in [0.05, 0.1) is 12.1 Å². The minimum atomic E-state index is -0.798. The van der Waals surface area contributed by atoms with Crippen LogP contribution in [0.4, 0.5) is 0 Å². The molecule has 5 heteroatoms. The summed E-state index contributed by atoms with van der Waals surface area (Å²) in [7, 11) is 0. The molecule has 2 N–H and O–H groups in total. The molecule has 1 unspecified atom stereocenters. The van der Waals surface area contributed by atoms with E-state index in [0.717, 1.165) is 17.0 Å². The number of aryl methyl sites for hydroxylation is 2. The summed E-state index contributed by atoms with van der Waals surface area (Å²) in [6.45, 7) is 6.14. The van der Waals surface area contributed by atoms with Gasteiger partial charge < -0.3 is 14.9 Å². The third-order valence-corrected chi connectivity index (χ3v) is 2.31. The summed E-state index contributed by atoms with van der Waals surface area (Å²) in [5, 5.41) is 15.5. The number of hydrogen-bond donors (Lipinski definition) is 2. The largest absolute Gasteiger partial charge is 0.481 e. The topological polar surface area (TPSA) is 75.4 Å². The van der Waals surface area contributed by atoms with Crippen LogP contribution in [0.2, 0.25) is 0 Å². The molecular formula is C10H16N2O3. The van der Waals surface area contributed by atoms with Crippen LogP contribution in [0.3, 0.4) is 0 Å². The lowest BCUT2D eigenvalue weighted by molar-refractivity contribution is -0.136. The van der Waals surface area contributed by atoms with Crippen molar-refractivity contribution in [2.24, 2.45) is 0 Å². The lowest BCUT2D eigenvalue weighted by Gasteiger charge is -2.12. The van der Waals surface area contributed by atoms with Gasteiger partial charge >= 0.3 is 5.97 Å². The van der Waals surface area contributed by atoms with Gasteiger partial charge in [0.15, 0.2) is 0 Å². The van der Waals surface area contributed by atoms with Gasteiger partial charge in [-0.25, -0.2) is 0 Å². The summed E-state index contributed by atoms with van der Waals surface area (Å²) in [6.07, 6.45) is 0.119. The maximum Gasteiger partial charge on any atom is 0.304 e. The van der Waals surface area contributed by atoms with Crippen LogP contribution in [0.5, 0.6) is 0 Å². The molecule has 0 saturated heterocycles. The van der Waals surface area contributed by atoms with Crippen LogP contribution in [0.25, 0.3) is 0 Å². The van der Waals surface area contributed by atoms with Crippen molar-refractivity contribution in [3.8, 4) is 0 Å². The van der Waals surface area contributed by atoms with E-state index in [9.17, 15) is 4.79 Å². The van der Waals surface area contributed by atoms with E-state index in [1.165, 1.54) is 0 Å². The van der Waals surface area contributed by atoms with Crippen LogP contribution < -0.4 is 5.32 Å². The SMILES string of the molecule is Cc1noc(C)c1C(C)NCCC(=O)O. The normalized spacial score (nSPS) is 12.7. The average molecular weight is 212 g/mol. The standard InChI is InChI=1S/C10H16N2O3/c1-6(11-5-4-9(13)14)10-7(2)12-15-8(10)3/h6,11H,4-5H2,1-3H3,(H,13,14). The molecule has 1 heterocycles. The highest BCUT2D eigenvalue weighted by atomic mass is 16.5. The van der Waals surface area contributed by atoms with Crippen LogP contribution in [0, 0.1) is 13.8 Å². The highest BCUT2D eigenvalue weighted by molar-refractivity contribution is 5.66. The molecule has 1 aromatic heterocycles. The van der Waals surface area contributed by atoms with E-state index in [1.807, 2.05) is 20.8 Å². The first-order valence-corrected chi connectivity index (χ1v) is 4.90. The predicted octanol–water partition coefficient (Wildman–Crippen LogP) is 1.42. The van der Waals surface area contributed by atoms with Crippen molar-refractivity contribution in [2.75, 3.05) is 6.54 Å². The first kappa shape index (κ1) is 11.7. The maximum atomic E-state index is 10.3. The van der Waals surface area contributed by atoms with Crippen LogP contribution in [0.15, 0.2) is 4.52 Å². The molecule has 0 bridgehead atoms. The number of carbonyl (C=O) groups is 1. The maximum absolute atomic E-state index is 10.3. The summed E-state index contributed by atoms with van der Waals surface area (Å²) in [6, 6.07) is 0.0654. The van der Waals surface area contributed by atoms with Gasteiger partial charge in [-0.3, -0.25) is 4.79 Å². The van der Waals surface area contributed by atoms with Gasteiger partial charge in [-0.2, -0.15) is 0 Å². The highest BCUT2D eigenvalue weighted by Gasteiger charge is 2.15. The van der Waals surface area contributed by atoms with Crippen molar-refractivity contribution in [3.63, 3.8) is 0 Å². The van der Waals surface area contributed by atoms with Crippen LogP contribution in [0.1, 0.15) is 36.4 Å². The van der Waals surface area contributed by atoms with E-state index < -0.39 is 5.97 Å². The molecule has 1 aromatic rings. The molecule has 84 valence electrons. The second-order valence-electron chi connectivity index (χ2n) is 3.56. The number of nitrogens with one attached hydrogen (secondary N) is 1. The lowest BCUT2D eigenvalue weighted by atomic mass is 10.1. The van der Waals surface area contributed by atoms with E-state index in [-0.39, 0.29) is 12.5 Å². The fourth-order valence-electron chi connectivity index (χ4n) is 1.61. The quantitative estimate of drug-likeness (QED) is 0.772. The fourth-order valence-corrected chi connectivity index (χ4v) is 1.61. The average Bonchev–Trinajstić information content (AvgIpc) is 2.45. The van der Waals surface area contributed by atoms with Crippen molar-refractivity contribution in [1.29, 1.82) is 0 Å². The number of aliphatic carboxylic acids is 1. The molecule has 0 aliphatic rings. The summed E-state index contributed by atoms with van der Waals surface area (Å²) >= 11 is 0. The van der Waals surface area contributed by atoms with E-state index in [1.54, 1.807) is 0 Å². The first-order valence-electron chi connectivity index (χ1n) is 4.90. The Morgan fingerprint density at radius 2 is 2.27 bits per heavy atom. The van der Waals surface area contributed by atoms with E-state index in [0.29, 0.717) is 6.54 Å². The molecule has 0 aliphatic heterocycles. The molecular weight excluding hydrogens is 196 g/mol. The summed E-state index contributed by atoms with van der Waals surface area (Å²) < 4.78 is 5.04. The number of carboxylic acid groups (broad SMARTS) is 1. The minimum absolute atomic E-state index is 0.0654. The van der Waals surface area contributed by atoms with Crippen molar-refractivity contribution < 1.29 is 14.4 Å². The number of aromatic nitrogens is 1. The van der Waals surface area contributed by atoms with Crippen molar-refractivity contribution in [1.82, 2.24) is 10.5 Å². The molecule has 0 radical (unpaired) electrons. The second kappa shape index (κ2) is 4.93. The lowest BCUT2D eigenvalue weighted by Crippen LogP contribution is -2.22. The van der Waals surface area contributed by atoms with Gasteiger partial charge in [0.2, 0.25) is 0 Å². The molecule has 0 saturated carbocycles. The zero-order chi connectivity index (χ0) is 11.4. The third-order valence-electron chi connectivity index (χ3n) is 2.31. The van der Waals surface area contributed by atoms with E-state index in [4.69, 9.17) is 9.63 Å². The van der Waals surface area contributed by atoms with Gasteiger partial charge in [0, 0.05) is 18.2 Å². The van der Waals surface area contributed by atoms with Gasteiger partial charge in [-0.1, -0.05) is 5.16 Å². The number of hydrogen-bond acceptors (Lipinski definition) is 4. The third kappa shape index (κ3) is 3.06. The first-order chi connectivity index (χ1) is 7.02. The Morgan fingerprint density at radius 1 is 1.60 bits per heavy atom. The zero-order valence-corrected chi connectivity index (χ0v) is 9.20. The Balaban J connectivity index is 2.53. The molecule has 0 aromatic carbocycles. The Bertz CT molecular complexity index is 327. The monoisotopic (exact) mass is 212 g/mol. The molecule has 0 amide bonds. The molecule has 0 aliphatic carbocycles. The van der Waals surface area contributed by atoms with Gasteiger partial charge in [0.25, 0.3) is 0 Å². The van der Waals surface area contributed by atoms with Crippen LogP contribution >= 0.6 is 0 Å². The zero-order valence-electron chi connectivity index (χ0n) is 9.20. The minimum Gasteiger partial charge on any atom is -0.481 e. The number of rotatable bonds is 5. The highest BCUT2D eigenvalue weighted by Crippen LogP contribution is 2.20. The van der Waals surface area contributed by atoms with Gasteiger partial charge in [0.1, 0.15) is 5.76 Å². The summed E-state index contributed by atoms with van der Waals surface area (Å²) in [5.74, 6) is -0.0173. The smallest absolute Gasteiger partial charge is 0.304 e. The molecule has 1 atom stereocenters.